The predicted molar refractivity (Wildman–Crippen MR) is 54.3 cm³/mol. The summed E-state index contributed by atoms with van der Waals surface area (Å²) in [4.78, 5) is 0. The van der Waals surface area contributed by atoms with Gasteiger partial charge in [0.15, 0.2) is 0 Å². The number of fused-ring (bicyclic) bond motifs is 1. The quantitative estimate of drug-likeness (QED) is 0.718. The third kappa shape index (κ3) is 1.77. The monoisotopic (exact) mass is 211 g/mol. The first-order chi connectivity index (χ1) is 6.98. The molecule has 0 aliphatic carbocycles. The summed E-state index contributed by atoms with van der Waals surface area (Å²) in [6.45, 7) is -5.16. The van der Waals surface area contributed by atoms with Crippen molar-refractivity contribution >= 4 is 23.2 Å². The van der Waals surface area contributed by atoms with Crippen molar-refractivity contribution in [2.45, 2.75) is 0 Å². The van der Waals surface area contributed by atoms with Gasteiger partial charge in [-0.25, -0.2) is 0 Å². The minimum Gasteiger partial charge on any atom is -0.511 e. The van der Waals surface area contributed by atoms with E-state index in [0.29, 0.717) is 10.8 Å². The number of halogens is 3. The molecule has 0 bridgehead atoms. The zero-order chi connectivity index (χ0) is 11.1. The highest BCUT2D eigenvalue weighted by molar-refractivity contribution is 6.74. The second-order valence-corrected chi connectivity index (χ2v) is 3.33. The molecule has 0 radical (unpaired) electrons. The van der Waals surface area contributed by atoms with E-state index in [2.05, 4.69) is 0 Å². The van der Waals surface area contributed by atoms with E-state index in [-0.39, 0.29) is 0 Å². The van der Waals surface area contributed by atoms with E-state index in [4.69, 9.17) is 0 Å². The van der Waals surface area contributed by atoms with Gasteiger partial charge < -0.3 is 18.1 Å². The van der Waals surface area contributed by atoms with Crippen molar-refractivity contribution in [1.29, 1.82) is 0 Å². The molecule has 0 heterocycles. The number of benzene rings is 2. The minimum atomic E-state index is -5.16. The van der Waals surface area contributed by atoms with Gasteiger partial charge >= 0.3 is 6.98 Å². The molecule has 0 amide bonds. The molecule has 0 unspecified atom stereocenters. The number of phenols is 1. The van der Waals surface area contributed by atoms with Crippen molar-refractivity contribution in [2.24, 2.45) is 0 Å². The third-order valence-corrected chi connectivity index (χ3v) is 2.25. The van der Waals surface area contributed by atoms with E-state index < -0.39 is 18.2 Å². The SMILES string of the molecule is Oc1cc2ccccc2cc1[B-](F)(F)F. The molecule has 2 aromatic rings. The molecule has 0 aliphatic heterocycles. The molecule has 5 heteroatoms. The van der Waals surface area contributed by atoms with Crippen molar-refractivity contribution in [2.75, 3.05) is 0 Å². The maximum atomic E-state index is 12.5. The van der Waals surface area contributed by atoms with E-state index in [9.17, 15) is 18.1 Å². The average Bonchev–Trinajstić information content (AvgIpc) is 2.15. The zero-order valence-electron chi connectivity index (χ0n) is 7.62. The Kier molecular flexibility index (Phi) is 2.10. The van der Waals surface area contributed by atoms with Gasteiger partial charge in [-0.15, -0.1) is 0 Å². The van der Waals surface area contributed by atoms with E-state index in [1.165, 1.54) is 0 Å². The first-order valence-electron chi connectivity index (χ1n) is 4.40. The fraction of sp³-hybridized carbons (Fsp3) is 0. The summed E-state index contributed by atoms with van der Waals surface area (Å²) >= 11 is 0. The third-order valence-electron chi connectivity index (χ3n) is 2.25. The van der Waals surface area contributed by atoms with Crippen LogP contribution in [0.25, 0.3) is 10.8 Å². The first-order valence-corrected chi connectivity index (χ1v) is 4.40. The Labute approximate surface area is 84.2 Å². The maximum Gasteiger partial charge on any atom is 0.513 e. The Morgan fingerprint density at radius 1 is 0.933 bits per heavy atom. The topological polar surface area (TPSA) is 20.2 Å². The van der Waals surface area contributed by atoms with Crippen molar-refractivity contribution in [3.05, 3.63) is 36.4 Å². The molecule has 78 valence electrons. The fourth-order valence-electron chi connectivity index (χ4n) is 1.51. The molecular weight excluding hydrogens is 204 g/mol. The number of rotatable bonds is 1. The molecule has 1 nitrogen and oxygen atoms in total. The summed E-state index contributed by atoms with van der Waals surface area (Å²) in [5.41, 5.74) is -0.936. The van der Waals surface area contributed by atoms with Crippen LogP contribution in [0.2, 0.25) is 0 Å². The van der Waals surface area contributed by atoms with Crippen LogP contribution < -0.4 is 5.46 Å². The highest BCUT2D eigenvalue weighted by Crippen LogP contribution is 2.22. The highest BCUT2D eigenvalue weighted by Gasteiger charge is 2.28. The van der Waals surface area contributed by atoms with Crippen LogP contribution in [-0.2, 0) is 0 Å². The van der Waals surface area contributed by atoms with Crippen LogP contribution in [0, 0.1) is 0 Å². The summed E-state index contributed by atoms with van der Waals surface area (Å²) in [7, 11) is 0. The Balaban J connectivity index is 2.73. The van der Waals surface area contributed by atoms with Gasteiger partial charge in [0.25, 0.3) is 0 Å². The van der Waals surface area contributed by atoms with E-state index in [0.717, 1.165) is 12.1 Å². The molecule has 0 atom stereocenters. The van der Waals surface area contributed by atoms with Gasteiger partial charge in [0.2, 0.25) is 0 Å². The number of hydrogen-bond acceptors (Lipinski definition) is 1. The molecule has 1 N–H and O–H groups in total. The molecule has 0 saturated heterocycles. The second kappa shape index (κ2) is 3.19. The number of aromatic hydroxyl groups is 1. The van der Waals surface area contributed by atoms with Crippen LogP contribution >= 0.6 is 0 Å². The van der Waals surface area contributed by atoms with Gasteiger partial charge in [0.1, 0.15) is 0 Å². The molecule has 0 saturated carbocycles. The summed E-state index contributed by atoms with van der Waals surface area (Å²) < 4.78 is 37.4. The lowest BCUT2D eigenvalue weighted by atomic mass is 9.78. The molecule has 15 heavy (non-hydrogen) atoms. The van der Waals surface area contributed by atoms with Crippen molar-refractivity contribution in [3.8, 4) is 5.75 Å². The largest absolute Gasteiger partial charge is 0.513 e. The van der Waals surface area contributed by atoms with Gasteiger partial charge in [-0.1, -0.05) is 35.8 Å². The lowest BCUT2D eigenvalue weighted by molar-refractivity contribution is 0.464. The molecular formula is C10H7BF3O-. The summed E-state index contributed by atoms with van der Waals surface area (Å²) in [5, 5.41) is 10.3. The van der Waals surface area contributed by atoms with Crippen LogP contribution in [0.15, 0.2) is 36.4 Å². The summed E-state index contributed by atoms with van der Waals surface area (Å²) in [6.07, 6.45) is 0. The van der Waals surface area contributed by atoms with E-state index in [1.807, 2.05) is 0 Å². The van der Waals surface area contributed by atoms with Gasteiger partial charge in [-0.05, 0) is 16.8 Å². The van der Waals surface area contributed by atoms with Gasteiger partial charge in [-0.2, -0.15) is 0 Å². The van der Waals surface area contributed by atoms with Crippen LogP contribution in [0.1, 0.15) is 0 Å². The fourth-order valence-corrected chi connectivity index (χ4v) is 1.51. The molecule has 2 rings (SSSR count). The van der Waals surface area contributed by atoms with Crippen molar-refractivity contribution in [1.82, 2.24) is 0 Å². The van der Waals surface area contributed by atoms with Gasteiger partial charge in [-0.3, -0.25) is 0 Å². The molecule has 0 fully saturated rings. The zero-order valence-corrected chi connectivity index (χ0v) is 7.62. The minimum absolute atomic E-state index is 0.476. The van der Waals surface area contributed by atoms with E-state index in [1.54, 1.807) is 24.3 Å². The average molecular weight is 211 g/mol. The summed E-state index contributed by atoms with van der Waals surface area (Å²) in [5.74, 6) is -0.707. The van der Waals surface area contributed by atoms with Crippen LogP contribution in [0.4, 0.5) is 12.9 Å². The van der Waals surface area contributed by atoms with Crippen molar-refractivity contribution in [3.63, 3.8) is 0 Å². The Bertz CT molecular complexity index is 507. The summed E-state index contributed by atoms with van der Waals surface area (Å²) in [6, 6.07) is 8.72. The smallest absolute Gasteiger partial charge is 0.511 e. The predicted octanol–water partition coefficient (Wildman–Crippen LogP) is 2.60. The Morgan fingerprint density at radius 2 is 1.47 bits per heavy atom. The Hall–Kier alpha value is -1.65. The normalized spacial score (nSPS) is 11.9. The Morgan fingerprint density at radius 3 is 2.00 bits per heavy atom. The van der Waals surface area contributed by atoms with Crippen molar-refractivity contribution < 1.29 is 18.1 Å². The number of hydrogen-bond donors (Lipinski definition) is 1. The van der Waals surface area contributed by atoms with Gasteiger partial charge in [0, 0.05) is 0 Å². The highest BCUT2D eigenvalue weighted by atomic mass is 19.4. The molecule has 0 aliphatic rings. The lowest BCUT2D eigenvalue weighted by Crippen LogP contribution is -2.34. The first kappa shape index (κ1) is 9.89. The van der Waals surface area contributed by atoms with Crippen LogP contribution in [0.3, 0.4) is 0 Å². The standard InChI is InChI=1S/C10H7BF3O/c12-11(13,14)9-5-7-3-1-2-4-8(7)6-10(9)15/h1-6,15H/q-1. The van der Waals surface area contributed by atoms with Gasteiger partial charge in [0.05, 0.1) is 5.75 Å². The molecule has 0 aromatic heterocycles. The van der Waals surface area contributed by atoms with Crippen LogP contribution in [0.5, 0.6) is 5.75 Å². The van der Waals surface area contributed by atoms with Crippen LogP contribution in [-0.4, -0.2) is 12.1 Å². The maximum absolute atomic E-state index is 12.5. The number of phenolic OH excluding ortho intramolecular Hbond substituents is 1. The van der Waals surface area contributed by atoms with E-state index >= 15 is 0 Å². The lowest BCUT2D eigenvalue weighted by Gasteiger charge is -2.17. The molecule has 2 aromatic carbocycles. The molecule has 0 spiro atoms. The second-order valence-electron chi connectivity index (χ2n) is 3.33.